The number of aromatic nitrogens is 4. The predicted molar refractivity (Wildman–Crippen MR) is 70.5 cm³/mol. The van der Waals surface area contributed by atoms with Crippen LogP contribution in [0.4, 0.5) is 0 Å². The SMILES string of the molecule is Cn1c(=O)c2c(nc(C[C@@H](N)C(=O)O)n2C)n(C)c1=O. The Balaban J connectivity index is 2.74. The first-order chi connectivity index (χ1) is 9.25. The van der Waals surface area contributed by atoms with Gasteiger partial charge in [-0.2, -0.15) is 0 Å². The Kier molecular flexibility index (Phi) is 3.22. The molecule has 0 aliphatic carbocycles. The molecule has 2 aromatic heterocycles. The van der Waals surface area contributed by atoms with E-state index in [2.05, 4.69) is 4.98 Å². The molecule has 0 aliphatic rings. The minimum absolute atomic E-state index is 0.0299. The van der Waals surface area contributed by atoms with Gasteiger partial charge in [0.05, 0.1) is 0 Å². The molecule has 0 amide bonds. The third-order valence-corrected chi connectivity index (χ3v) is 3.29. The van der Waals surface area contributed by atoms with Crippen molar-refractivity contribution < 1.29 is 9.90 Å². The number of aryl methyl sites for hydroxylation is 2. The Morgan fingerprint density at radius 1 is 1.25 bits per heavy atom. The van der Waals surface area contributed by atoms with E-state index in [1.807, 2.05) is 0 Å². The summed E-state index contributed by atoms with van der Waals surface area (Å²) in [6.07, 6.45) is -0.0299. The van der Waals surface area contributed by atoms with Gasteiger partial charge in [0.2, 0.25) is 0 Å². The molecule has 0 aliphatic heterocycles. The highest BCUT2D eigenvalue weighted by Crippen LogP contribution is 2.10. The molecule has 9 nitrogen and oxygen atoms in total. The van der Waals surface area contributed by atoms with E-state index < -0.39 is 23.3 Å². The summed E-state index contributed by atoms with van der Waals surface area (Å²) in [5, 5.41) is 8.82. The van der Waals surface area contributed by atoms with Crippen LogP contribution in [0, 0.1) is 0 Å². The Morgan fingerprint density at radius 2 is 1.85 bits per heavy atom. The molecule has 0 fully saturated rings. The van der Waals surface area contributed by atoms with Crippen LogP contribution >= 0.6 is 0 Å². The smallest absolute Gasteiger partial charge is 0.332 e. The van der Waals surface area contributed by atoms with Gasteiger partial charge in [0.15, 0.2) is 11.2 Å². The van der Waals surface area contributed by atoms with Crippen molar-refractivity contribution in [2.45, 2.75) is 12.5 Å². The second-order valence-corrected chi connectivity index (χ2v) is 4.61. The third kappa shape index (κ3) is 1.92. The van der Waals surface area contributed by atoms with Gasteiger partial charge < -0.3 is 15.4 Å². The van der Waals surface area contributed by atoms with Gasteiger partial charge in [-0.1, -0.05) is 0 Å². The summed E-state index contributed by atoms with van der Waals surface area (Å²) in [5.74, 6) is -0.813. The number of carboxylic acid groups (broad SMARTS) is 1. The van der Waals surface area contributed by atoms with E-state index in [0.717, 1.165) is 4.57 Å². The lowest BCUT2D eigenvalue weighted by Gasteiger charge is -2.06. The van der Waals surface area contributed by atoms with E-state index >= 15 is 0 Å². The van der Waals surface area contributed by atoms with Crippen LogP contribution in [0.3, 0.4) is 0 Å². The average Bonchev–Trinajstić information content (AvgIpc) is 2.71. The number of aliphatic carboxylic acids is 1. The van der Waals surface area contributed by atoms with Crippen molar-refractivity contribution in [2.24, 2.45) is 26.9 Å². The fraction of sp³-hybridized carbons (Fsp3) is 0.455. The highest BCUT2D eigenvalue weighted by Gasteiger charge is 2.20. The van der Waals surface area contributed by atoms with Crippen LogP contribution in [0.5, 0.6) is 0 Å². The zero-order valence-electron chi connectivity index (χ0n) is 11.3. The number of imidazole rings is 1. The number of carboxylic acids is 1. The van der Waals surface area contributed by atoms with E-state index in [4.69, 9.17) is 10.8 Å². The summed E-state index contributed by atoms with van der Waals surface area (Å²) in [7, 11) is 4.46. The molecule has 1 atom stereocenters. The lowest BCUT2D eigenvalue weighted by molar-refractivity contribution is -0.138. The largest absolute Gasteiger partial charge is 0.480 e. The monoisotopic (exact) mass is 281 g/mol. The van der Waals surface area contributed by atoms with E-state index in [-0.39, 0.29) is 17.6 Å². The lowest BCUT2D eigenvalue weighted by atomic mass is 10.2. The van der Waals surface area contributed by atoms with Gasteiger partial charge in [-0.05, 0) is 0 Å². The second kappa shape index (κ2) is 4.60. The van der Waals surface area contributed by atoms with E-state index in [0.29, 0.717) is 5.82 Å². The Bertz CT molecular complexity index is 813. The van der Waals surface area contributed by atoms with Crippen LogP contribution in [-0.4, -0.2) is 35.8 Å². The first kappa shape index (κ1) is 14.0. The molecule has 0 aromatic carbocycles. The number of nitrogens with zero attached hydrogens (tertiary/aromatic N) is 4. The Labute approximate surface area is 112 Å². The normalized spacial score (nSPS) is 12.8. The molecule has 0 radical (unpaired) electrons. The van der Waals surface area contributed by atoms with Crippen molar-refractivity contribution in [3.63, 3.8) is 0 Å². The molecule has 3 N–H and O–H groups in total. The van der Waals surface area contributed by atoms with Crippen LogP contribution < -0.4 is 17.0 Å². The topological polar surface area (TPSA) is 125 Å². The molecule has 0 spiro atoms. The van der Waals surface area contributed by atoms with Crippen molar-refractivity contribution in [1.82, 2.24) is 18.7 Å². The van der Waals surface area contributed by atoms with E-state index in [1.165, 1.54) is 23.2 Å². The molecule has 2 aromatic rings. The predicted octanol–water partition coefficient (Wildman–Crippen LogP) is -2.07. The molecule has 20 heavy (non-hydrogen) atoms. The van der Waals surface area contributed by atoms with Crippen LogP contribution in [-0.2, 0) is 32.4 Å². The molecule has 0 saturated heterocycles. The summed E-state index contributed by atoms with van der Waals surface area (Å²) in [4.78, 5) is 38.9. The number of hydrogen-bond acceptors (Lipinski definition) is 5. The van der Waals surface area contributed by atoms with E-state index in [1.54, 1.807) is 7.05 Å². The van der Waals surface area contributed by atoms with Gasteiger partial charge in [0.1, 0.15) is 11.9 Å². The molecule has 2 rings (SSSR count). The molecule has 9 heteroatoms. The molecule has 0 bridgehead atoms. The molecule has 0 saturated carbocycles. The number of nitrogens with two attached hydrogens (primary N) is 1. The van der Waals surface area contributed by atoms with Crippen LogP contribution in [0.15, 0.2) is 9.59 Å². The van der Waals surface area contributed by atoms with Crippen molar-refractivity contribution in [1.29, 1.82) is 0 Å². The summed E-state index contributed by atoms with van der Waals surface area (Å²) in [5.41, 5.74) is 4.95. The van der Waals surface area contributed by atoms with Gasteiger partial charge in [-0.3, -0.25) is 18.7 Å². The highest BCUT2D eigenvalue weighted by molar-refractivity contribution is 5.74. The zero-order valence-corrected chi connectivity index (χ0v) is 11.3. The summed E-state index contributed by atoms with van der Waals surface area (Å²) in [6.45, 7) is 0. The lowest BCUT2D eigenvalue weighted by Crippen LogP contribution is -2.37. The average molecular weight is 281 g/mol. The van der Waals surface area contributed by atoms with Gasteiger partial charge in [-0.15, -0.1) is 0 Å². The maximum Gasteiger partial charge on any atom is 0.332 e. The van der Waals surface area contributed by atoms with Crippen molar-refractivity contribution in [2.75, 3.05) is 0 Å². The van der Waals surface area contributed by atoms with Crippen molar-refractivity contribution >= 4 is 17.1 Å². The summed E-state index contributed by atoms with van der Waals surface area (Å²) < 4.78 is 3.69. The second-order valence-electron chi connectivity index (χ2n) is 4.61. The van der Waals surface area contributed by atoms with Crippen LogP contribution in [0.2, 0.25) is 0 Å². The molecule has 108 valence electrons. The molecular weight excluding hydrogens is 266 g/mol. The molecule has 2 heterocycles. The summed E-state index contributed by atoms with van der Waals surface area (Å²) >= 11 is 0. The van der Waals surface area contributed by atoms with Crippen molar-refractivity contribution in [3.05, 3.63) is 26.7 Å². The standard InChI is InChI=1S/C11H15N5O4/c1-14-6(4-5(12)10(18)19)13-8-7(14)9(17)16(3)11(20)15(8)2/h5H,4,12H2,1-3H3,(H,18,19)/t5-/m1/s1. The zero-order chi connectivity index (χ0) is 15.2. The molecular formula is C11H15N5O4. The minimum Gasteiger partial charge on any atom is -0.480 e. The van der Waals surface area contributed by atoms with Gasteiger partial charge in [0.25, 0.3) is 5.56 Å². The highest BCUT2D eigenvalue weighted by atomic mass is 16.4. The molecule has 0 unspecified atom stereocenters. The summed E-state index contributed by atoms with van der Waals surface area (Å²) in [6, 6.07) is -1.12. The van der Waals surface area contributed by atoms with Crippen LogP contribution in [0.25, 0.3) is 11.2 Å². The van der Waals surface area contributed by atoms with Crippen molar-refractivity contribution in [3.8, 4) is 0 Å². The third-order valence-electron chi connectivity index (χ3n) is 3.29. The number of carbonyl (C=O) groups is 1. The first-order valence-corrected chi connectivity index (χ1v) is 5.85. The van der Waals surface area contributed by atoms with Gasteiger partial charge in [0, 0.05) is 27.6 Å². The van der Waals surface area contributed by atoms with Gasteiger partial charge >= 0.3 is 11.7 Å². The number of fused-ring (bicyclic) bond motifs is 1. The maximum atomic E-state index is 12.1. The Hall–Kier alpha value is -2.42. The maximum absolute atomic E-state index is 12.1. The van der Waals surface area contributed by atoms with E-state index in [9.17, 15) is 14.4 Å². The number of rotatable bonds is 3. The quantitative estimate of drug-likeness (QED) is 0.665. The minimum atomic E-state index is -1.15. The fourth-order valence-corrected chi connectivity index (χ4v) is 2.03. The van der Waals surface area contributed by atoms with Crippen LogP contribution in [0.1, 0.15) is 5.82 Å². The van der Waals surface area contributed by atoms with Gasteiger partial charge in [-0.25, -0.2) is 9.78 Å². The first-order valence-electron chi connectivity index (χ1n) is 5.85. The fourth-order valence-electron chi connectivity index (χ4n) is 2.03. The number of hydrogen-bond donors (Lipinski definition) is 2. The Morgan fingerprint density at radius 3 is 2.40 bits per heavy atom.